The Labute approximate surface area is 265 Å². The fourth-order valence-electron chi connectivity index (χ4n) is 6.65. The molecule has 2 aliphatic carbocycles. The van der Waals surface area contributed by atoms with E-state index in [4.69, 9.17) is 5.73 Å². The van der Waals surface area contributed by atoms with E-state index in [2.05, 4.69) is 29.8 Å². The smallest absolute Gasteiger partial charge is 0.315 e. The molecular weight excluding hydrogens is 576 g/mol. The molecule has 5 N–H and O–H groups in total. The van der Waals surface area contributed by atoms with Crippen LogP contribution >= 0.6 is 0 Å². The van der Waals surface area contributed by atoms with Crippen LogP contribution in [0.1, 0.15) is 74.7 Å². The summed E-state index contributed by atoms with van der Waals surface area (Å²) in [7, 11) is 0. The van der Waals surface area contributed by atoms with Crippen LogP contribution in [0, 0.1) is 34.0 Å². The van der Waals surface area contributed by atoms with E-state index in [0.717, 1.165) is 12.8 Å². The number of hydrogen-bond acceptors (Lipinski definition) is 6. The monoisotopic (exact) mass is 626 g/mol. The van der Waals surface area contributed by atoms with Crippen LogP contribution in [0.25, 0.3) is 0 Å². The molecule has 0 aromatic carbocycles. The number of nitrogens with zero attached hydrogens (tertiary/aromatic N) is 2. The van der Waals surface area contributed by atoms with Crippen LogP contribution in [0.3, 0.4) is 0 Å². The molecule has 2 unspecified atom stereocenters. The van der Waals surface area contributed by atoms with Crippen molar-refractivity contribution in [3.63, 3.8) is 0 Å². The van der Waals surface area contributed by atoms with Gasteiger partial charge in [-0.3, -0.25) is 24.0 Å². The summed E-state index contributed by atoms with van der Waals surface area (Å²) in [5, 5.41) is 8.63. The van der Waals surface area contributed by atoms with Gasteiger partial charge in [0.05, 0.1) is 12.1 Å². The largest absolute Gasteiger partial charge is 0.363 e. The third-order valence-electron chi connectivity index (χ3n) is 9.92. The molecule has 1 aromatic heterocycles. The Kier molecular flexibility index (Phi) is 9.30. The van der Waals surface area contributed by atoms with Crippen molar-refractivity contribution in [1.29, 1.82) is 0 Å². The number of Topliss-reactive ketones (excluding diaryl/α,β-unsaturated/α-hetero) is 1. The fourth-order valence-corrected chi connectivity index (χ4v) is 6.65. The van der Waals surface area contributed by atoms with Crippen LogP contribution in [0.15, 0.2) is 29.2 Å². The molecule has 5 amide bonds. The lowest BCUT2D eigenvalue weighted by Crippen LogP contribution is -2.62. The van der Waals surface area contributed by atoms with Gasteiger partial charge in [-0.15, -0.1) is 0 Å². The van der Waals surface area contributed by atoms with Crippen molar-refractivity contribution in [1.82, 2.24) is 25.4 Å². The number of piperidine rings is 1. The standard InChI is InChI=1S/C33H50N6O6/c1-31(2,3)21(17-38-14-10-9-11-22(38)40)36-30(45)37-26(32(4,5)6)29(44)39-16-19-23(33(19,7)8)24(39)28(43)35-20(15-18-12-13-18)25(41)27(34)42/h9-11,14,18-21,23-24,26H,12-13,15-17H2,1-8H3,(H2,34,42)(H,35,43)(H2,36,37,45)/t19-,20?,21?,23-,24-,26+/m0/s1. The summed E-state index contributed by atoms with van der Waals surface area (Å²) < 4.78 is 1.53. The van der Waals surface area contributed by atoms with E-state index in [-0.39, 0.29) is 35.3 Å². The fraction of sp³-hybridized carbons (Fsp3) is 0.697. The van der Waals surface area contributed by atoms with Gasteiger partial charge in [-0.2, -0.15) is 0 Å². The van der Waals surface area contributed by atoms with Gasteiger partial charge in [0.15, 0.2) is 0 Å². The first-order chi connectivity index (χ1) is 20.7. The van der Waals surface area contributed by atoms with Gasteiger partial charge in [-0.05, 0) is 46.5 Å². The molecule has 12 nitrogen and oxygen atoms in total. The van der Waals surface area contributed by atoms with Crippen molar-refractivity contribution >= 4 is 29.5 Å². The van der Waals surface area contributed by atoms with Crippen molar-refractivity contribution in [2.24, 2.45) is 39.7 Å². The number of amides is 5. The van der Waals surface area contributed by atoms with Crippen LogP contribution in [-0.4, -0.2) is 69.7 Å². The van der Waals surface area contributed by atoms with Gasteiger partial charge in [0.2, 0.25) is 17.6 Å². The highest BCUT2D eigenvalue weighted by molar-refractivity contribution is 6.37. The first-order valence-corrected chi connectivity index (χ1v) is 15.9. The number of carbonyl (C=O) groups is 5. The maximum absolute atomic E-state index is 14.3. The SMILES string of the molecule is CC(C)(C)C(Cn1ccccc1=O)NC(=O)N[C@H](C(=O)N1C[C@H]2[C@@H]([C@H]1C(=O)NC(CC1CC1)C(=O)C(N)=O)C2(C)C)C(C)(C)C. The summed E-state index contributed by atoms with van der Waals surface area (Å²) in [6.07, 6.45) is 3.84. The lowest BCUT2D eigenvalue weighted by Gasteiger charge is -2.38. The van der Waals surface area contributed by atoms with E-state index >= 15 is 0 Å². The Morgan fingerprint density at radius 2 is 1.62 bits per heavy atom. The minimum absolute atomic E-state index is 0.0785. The maximum Gasteiger partial charge on any atom is 0.315 e. The Bertz CT molecular complexity index is 1400. The quantitative estimate of drug-likeness (QED) is 0.273. The molecule has 1 aliphatic heterocycles. The highest BCUT2D eigenvalue weighted by atomic mass is 16.2. The van der Waals surface area contributed by atoms with Crippen molar-refractivity contribution < 1.29 is 24.0 Å². The van der Waals surface area contributed by atoms with Crippen molar-refractivity contribution in [2.45, 2.75) is 105 Å². The van der Waals surface area contributed by atoms with Gasteiger partial charge in [-0.25, -0.2) is 4.79 Å². The van der Waals surface area contributed by atoms with E-state index < -0.39 is 64.5 Å². The van der Waals surface area contributed by atoms with E-state index in [1.165, 1.54) is 15.5 Å². The van der Waals surface area contributed by atoms with Crippen LogP contribution in [0.2, 0.25) is 0 Å². The minimum Gasteiger partial charge on any atom is -0.363 e. The molecular formula is C33H50N6O6. The number of urea groups is 1. The zero-order valence-corrected chi connectivity index (χ0v) is 27.8. The van der Waals surface area contributed by atoms with Crippen LogP contribution in [-0.2, 0) is 25.7 Å². The van der Waals surface area contributed by atoms with Crippen molar-refractivity contribution in [3.8, 4) is 0 Å². The summed E-state index contributed by atoms with van der Waals surface area (Å²) in [4.78, 5) is 79.9. The average molecular weight is 627 g/mol. The molecule has 3 aliphatic rings. The number of likely N-dealkylation sites (tertiary alicyclic amines) is 1. The highest BCUT2D eigenvalue weighted by Crippen LogP contribution is 2.65. The lowest BCUT2D eigenvalue weighted by atomic mass is 9.85. The van der Waals surface area contributed by atoms with Crippen LogP contribution in [0.5, 0.6) is 0 Å². The zero-order valence-electron chi connectivity index (χ0n) is 27.8. The molecule has 45 heavy (non-hydrogen) atoms. The average Bonchev–Trinajstić information content (AvgIpc) is 3.77. The Hall–Kier alpha value is -3.70. The minimum atomic E-state index is -1.10. The number of nitrogens with two attached hydrogens (primary N) is 1. The molecule has 2 heterocycles. The molecule has 12 heteroatoms. The highest BCUT2D eigenvalue weighted by Gasteiger charge is 2.70. The Morgan fingerprint density at radius 3 is 2.16 bits per heavy atom. The molecule has 1 saturated heterocycles. The molecule has 3 fully saturated rings. The number of fused-ring (bicyclic) bond motifs is 1. The molecule has 0 radical (unpaired) electrons. The summed E-state index contributed by atoms with van der Waals surface area (Å²) >= 11 is 0. The van der Waals surface area contributed by atoms with Crippen LogP contribution < -0.4 is 27.2 Å². The summed E-state index contributed by atoms with van der Waals surface area (Å²) in [6, 6.07) is 0.985. The summed E-state index contributed by atoms with van der Waals surface area (Å²) in [6.45, 7) is 16.1. The molecule has 2 saturated carbocycles. The second-order valence-corrected chi connectivity index (χ2v) is 15.9. The number of carbonyl (C=O) groups excluding carboxylic acids is 5. The molecule has 0 spiro atoms. The van der Waals surface area contributed by atoms with Gasteiger partial charge < -0.3 is 31.2 Å². The first-order valence-electron chi connectivity index (χ1n) is 15.9. The second kappa shape index (κ2) is 12.2. The third kappa shape index (κ3) is 7.58. The molecule has 6 atom stereocenters. The second-order valence-electron chi connectivity index (χ2n) is 15.9. The summed E-state index contributed by atoms with van der Waals surface area (Å²) in [5.41, 5.74) is 3.78. The van der Waals surface area contributed by atoms with Gasteiger partial charge in [0.1, 0.15) is 12.1 Å². The van der Waals surface area contributed by atoms with E-state index in [0.29, 0.717) is 13.0 Å². The first kappa shape index (κ1) is 34.2. The number of rotatable bonds is 11. The Morgan fingerprint density at radius 1 is 0.978 bits per heavy atom. The predicted octanol–water partition coefficient (Wildman–Crippen LogP) is 1.80. The number of aromatic nitrogens is 1. The van der Waals surface area contributed by atoms with E-state index in [9.17, 15) is 28.8 Å². The van der Waals surface area contributed by atoms with Gasteiger partial charge >= 0.3 is 6.03 Å². The molecule has 248 valence electrons. The van der Waals surface area contributed by atoms with Crippen molar-refractivity contribution in [3.05, 3.63) is 34.7 Å². The Balaban J connectivity index is 1.53. The molecule has 0 bridgehead atoms. The van der Waals surface area contributed by atoms with Gasteiger partial charge in [0.25, 0.3) is 11.5 Å². The van der Waals surface area contributed by atoms with Crippen molar-refractivity contribution in [2.75, 3.05) is 6.54 Å². The van der Waals surface area contributed by atoms with E-state index in [1.807, 2.05) is 41.5 Å². The predicted molar refractivity (Wildman–Crippen MR) is 169 cm³/mol. The summed E-state index contributed by atoms with van der Waals surface area (Å²) in [5.74, 6) is -2.62. The lowest BCUT2D eigenvalue weighted by molar-refractivity contribution is -0.145. The number of ketones is 1. The molecule has 4 rings (SSSR count). The van der Waals surface area contributed by atoms with Gasteiger partial charge in [0, 0.05) is 25.4 Å². The zero-order chi connectivity index (χ0) is 33.6. The van der Waals surface area contributed by atoms with E-state index in [1.54, 1.807) is 18.3 Å². The normalized spacial score (nSPS) is 24.1. The molecule has 1 aromatic rings. The van der Waals surface area contributed by atoms with Crippen LogP contribution in [0.4, 0.5) is 4.79 Å². The number of nitrogens with one attached hydrogen (secondary N) is 3. The number of primary amides is 1. The third-order valence-corrected chi connectivity index (χ3v) is 9.92. The maximum atomic E-state index is 14.3. The number of pyridine rings is 1. The topological polar surface area (TPSA) is 173 Å². The van der Waals surface area contributed by atoms with Gasteiger partial charge in [-0.1, -0.05) is 74.3 Å². The number of hydrogen-bond donors (Lipinski definition) is 4.